The Labute approximate surface area is 99.2 Å². The highest BCUT2D eigenvalue weighted by Gasteiger charge is 2.29. The molecule has 1 saturated heterocycles. The van der Waals surface area contributed by atoms with Gasteiger partial charge in [-0.15, -0.1) is 0 Å². The van der Waals surface area contributed by atoms with Crippen LogP contribution in [-0.2, 0) is 0 Å². The minimum atomic E-state index is 0.603. The van der Waals surface area contributed by atoms with Crippen LogP contribution in [-0.4, -0.2) is 19.1 Å². The summed E-state index contributed by atoms with van der Waals surface area (Å²) in [7, 11) is 0. The molecule has 2 heteroatoms. The van der Waals surface area contributed by atoms with Gasteiger partial charge in [0.2, 0.25) is 0 Å². The van der Waals surface area contributed by atoms with Gasteiger partial charge < -0.3 is 10.6 Å². The molecular formula is C14H24N2. The Bertz CT molecular complexity index is 300. The van der Waals surface area contributed by atoms with Crippen molar-refractivity contribution in [2.45, 2.75) is 39.7 Å². The zero-order valence-corrected chi connectivity index (χ0v) is 10.7. The molecule has 3 unspecified atom stereocenters. The van der Waals surface area contributed by atoms with Crippen LogP contribution in [0.3, 0.4) is 0 Å². The van der Waals surface area contributed by atoms with Crippen LogP contribution in [0.1, 0.15) is 33.6 Å². The summed E-state index contributed by atoms with van der Waals surface area (Å²) in [6.07, 6.45) is 7.17. The summed E-state index contributed by atoms with van der Waals surface area (Å²) in [5, 5.41) is 6.89. The van der Waals surface area contributed by atoms with Gasteiger partial charge in [0.05, 0.1) is 0 Å². The van der Waals surface area contributed by atoms with Gasteiger partial charge in [0.15, 0.2) is 0 Å². The molecule has 2 aliphatic rings. The van der Waals surface area contributed by atoms with E-state index in [2.05, 4.69) is 43.7 Å². The van der Waals surface area contributed by atoms with Crippen LogP contribution in [0.5, 0.6) is 0 Å². The van der Waals surface area contributed by atoms with Gasteiger partial charge in [0.25, 0.3) is 0 Å². The summed E-state index contributed by atoms with van der Waals surface area (Å²) in [4.78, 5) is 0. The van der Waals surface area contributed by atoms with Crippen molar-refractivity contribution in [3.63, 3.8) is 0 Å². The summed E-state index contributed by atoms with van der Waals surface area (Å²) in [6, 6.07) is 0.730. The fourth-order valence-electron chi connectivity index (χ4n) is 2.50. The van der Waals surface area contributed by atoms with E-state index in [0.717, 1.165) is 12.6 Å². The van der Waals surface area contributed by atoms with E-state index >= 15 is 0 Å². The molecule has 1 fully saturated rings. The minimum Gasteiger partial charge on any atom is -0.387 e. The first kappa shape index (κ1) is 11.7. The molecule has 90 valence electrons. The van der Waals surface area contributed by atoms with Gasteiger partial charge in [-0.1, -0.05) is 38.8 Å². The monoisotopic (exact) mass is 220 g/mol. The zero-order valence-electron chi connectivity index (χ0n) is 10.7. The Morgan fingerprint density at radius 2 is 2.25 bits per heavy atom. The molecule has 0 spiro atoms. The van der Waals surface area contributed by atoms with Gasteiger partial charge in [-0.25, -0.2) is 0 Å². The van der Waals surface area contributed by atoms with Crippen LogP contribution in [0.15, 0.2) is 23.4 Å². The highest BCUT2D eigenvalue weighted by atomic mass is 15.1. The molecule has 0 aliphatic carbocycles. The molecule has 0 saturated carbocycles. The first-order valence-corrected chi connectivity index (χ1v) is 6.58. The SMILES string of the molecule is CCCC1=CNCC(C(C)C2CN2)=CC1C. The lowest BCUT2D eigenvalue weighted by molar-refractivity contribution is 0.630. The summed E-state index contributed by atoms with van der Waals surface area (Å²) in [5.41, 5.74) is 3.12. The number of hydrogen-bond donors (Lipinski definition) is 2. The van der Waals surface area contributed by atoms with Gasteiger partial charge >= 0.3 is 0 Å². The molecule has 2 heterocycles. The van der Waals surface area contributed by atoms with Gasteiger partial charge in [-0.3, -0.25) is 0 Å². The second kappa shape index (κ2) is 5.05. The number of hydrogen-bond acceptors (Lipinski definition) is 2. The summed E-state index contributed by atoms with van der Waals surface area (Å²) >= 11 is 0. The second-order valence-corrected chi connectivity index (χ2v) is 5.18. The largest absolute Gasteiger partial charge is 0.387 e. The Morgan fingerprint density at radius 1 is 1.50 bits per heavy atom. The maximum Gasteiger partial charge on any atom is 0.0358 e. The van der Waals surface area contributed by atoms with E-state index in [4.69, 9.17) is 0 Å². The van der Waals surface area contributed by atoms with Gasteiger partial charge in [0, 0.05) is 19.1 Å². The lowest BCUT2D eigenvalue weighted by atomic mass is 9.91. The third-order valence-electron chi connectivity index (χ3n) is 3.81. The predicted octanol–water partition coefficient (Wildman–Crippen LogP) is 2.44. The third kappa shape index (κ3) is 2.67. The highest BCUT2D eigenvalue weighted by molar-refractivity contribution is 5.24. The zero-order chi connectivity index (χ0) is 11.5. The van der Waals surface area contributed by atoms with E-state index in [0.29, 0.717) is 11.8 Å². The van der Waals surface area contributed by atoms with Crippen molar-refractivity contribution < 1.29 is 0 Å². The third-order valence-corrected chi connectivity index (χ3v) is 3.81. The van der Waals surface area contributed by atoms with E-state index in [1.54, 1.807) is 11.1 Å². The van der Waals surface area contributed by atoms with Crippen molar-refractivity contribution in [2.24, 2.45) is 11.8 Å². The lowest BCUT2D eigenvalue weighted by Gasteiger charge is -2.15. The van der Waals surface area contributed by atoms with E-state index in [1.807, 2.05) is 0 Å². The lowest BCUT2D eigenvalue weighted by Crippen LogP contribution is -2.18. The first-order valence-electron chi connectivity index (χ1n) is 6.58. The van der Waals surface area contributed by atoms with Crippen molar-refractivity contribution in [1.82, 2.24) is 10.6 Å². The molecule has 0 radical (unpaired) electrons. The van der Waals surface area contributed by atoms with E-state index in [-0.39, 0.29) is 0 Å². The van der Waals surface area contributed by atoms with Crippen molar-refractivity contribution in [3.8, 4) is 0 Å². The van der Waals surface area contributed by atoms with Gasteiger partial charge in [-0.2, -0.15) is 0 Å². The van der Waals surface area contributed by atoms with E-state index < -0.39 is 0 Å². The minimum absolute atomic E-state index is 0.603. The van der Waals surface area contributed by atoms with Crippen LogP contribution < -0.4 is 10.6 Å². The molecule has 0 aromatic rings. The van der Waals surface area contributed by atoms with Gasteiger partial charge in [0.1, 0.15) is 0 Å². The average Bonchev–Trinajstić information content (AvgIpc) is 3.07. The van der Waals surface area contributed by atoms with Crippen LogP contribution in [0.25, 0.3) is 0 Å². The average molecular weight is 220 g/mol. The van der Waals surface area contributed by atoms with Crippen LogP contribution in [0.2, 0.25) is 0 Å². The summed E-state index contributed by atoms with van der Waals surface area (Å²) in [5.74, 6) is 1.29. The maximum absolute atomic E-state index is 3.47. The molecule has 0 aromatic heterocycles. The fraction of sp³-hybridized carbons (Fsp3) is 0.714. The Kier molecular flexibility index (Phi) is 3.70. The van der Waals surface area contributed by atoms with Crippen molar-refractivity contribution in [2.75, 3.05) is 13.1 Å². The maximum atomic E-state index is 3.47. The van der Waals surface area contributed by atoms with E-state index in [1.165, 1.54) is 19.4 Å². The van der Waals surface area contributed by atoms with Crippen molar-refractivity contribution in [3.05, 3.63) is 23.4 Å². The molecule has 0 bridgehead atoms. The van der Waals surface area contributed by atoms with Crippen LogP contribution in [0.4, 0.5) is 0 Å². The predicted molar refractivity (Wildman–Crippen MR) is 69.2 cm³/mol. The van der Waals surface area contributed by atoms with Crippen molar-refractivity contribution >= 4 is 0 Å². The number of rotatable bonds is 4. The van der Waals surface area contributed by atoms with Crippen molar-refractivity contribution in [1.29, 1.82) is 0 Å². The molecular weight excluding hydrogens is 196 g/mol. The second-order valence-electron chi connectivity index (χ2n) is 5.18. The fourth-order valence-corrected chi connectivity index (χ4v) is 2.50. The molecule has 16 heavy (non-hydrogen) atoms. The summed E-state index contributed by atoms with van der Waals surface area (Å²) < 4.78 is 0. The van der Waals surface area contributed by atoms with Gasteiger partial charge in [-0.05, 0) is 30.0 Å². The first-order chi connectivity index (χ1) is 7.72. The van der Waals surface area contributed by atoms with Crippen LogP contribution >= 0.6 is 0 Å². The Hall–Kier alpha value is -0.760. The molecule has 2 aliphatic heterocycles. The van der Waals surface area contributed by atoms with E-state index in [9.17, 15) is 0 Å². The highest BCUT2D eigenvalue weighted by Crippen LogP contribution is 2.26. The molecule has 2 N–H and O–H groups in total. The molecule has 3 atom stereocenters. The molecule has 0 amide bonds. The number of allylic oxidation sites excluding steroid dienone is 2. The molecule has 2 rings (SSSR count). The quantitative estimate of drug-likeness (QED) is 0.563. The Balaban J connectivity index is 2.04. The standard InChI is InChI=1S/C14H24N2/c1-4-5-12-7-15-8-13(6-10(12)2)11(3)14-9-16-14/h6-7,10-11,14-16H,4-5,8-9H2,1-3H3. The summed E-state index contributed by atoms with van der Waals surface area (Å²) in [6.45, 7) is 9.14. The Morgan fingerprint density at radius 3 is 2.88 bits per heavy atom. The molecule has 2 nitrogen and oxygen atoms in total. The van der Waals surface area contributed by atoms with Crippen LogP contribution in [0, 0.1) is 11.8 Å². The molecule has 0 aromatic carbocycles. The smallest absolute Gasteiger partial charge is 0.0358 e. The topological polar surface area (TPSA) is 34.0 Å². The number of nitrogens with one attached hydrogen (secondary N) is 2. The normalized spacial score (nSPS) is 30.9.